The van der Waals surface area contributed by atoms with E-state index in [0.717, 1.165) is 36.3 Å². The number of nitrogens with zero attached hydrogens (tertiary/aromatic N) is 1. The van der Waals surface area contributed by atoms with Crippen LogP contribution in [0.25, 0.3) is 11.3 Å². The number of benzene rings is 2. The highest BCUT2D eigenvalue weighted by atomic mass is 32.1. The molecule has 2 N–H and O–H groups in total. The molecular weight excluding hydrogens is 426 g/mol. The molecule has 0 radical (unpaired) electrons. The molecule has 1 saturated heterocycles. The zero-order valence-corrected chi connectivity index (χ0v) is 18.6. The van der Waals surface area contributed by atoms with E-state index in [1.807, 2.05) is 41.8 Å². The molecule has 1 unspecified atom stereocenters. The van der Waals surface area contributed by atoms with E-state index in [9.17, 15) is 9.59 Å². The second-order valence-electron chi connectivity index (χ2n) is 7.54. The van der Waals surface area contributed by atoms with Crippen molar-refractivity contribution in [3.8, 4) is 17.0 Å². The van der Waals surface area contributed by atoms with E-state index in [1.165, 1.54) is 18.3 Å². The lowest BCUT2D eigenvalue weighted by atomic mass is 10.1. The normalized spacial score (nSPS) is 15.3. The van der Waals surface area contributed by atoms with Gasteiger partial charge in [-0.1, -0.05) is 36.4 Å². The largest absolute Gasteiger partial charge is 0.490 e. The SMILES string of the molecule is CC(=O)NCc1ccc(-c2csc(NC(=O)c3ccccc3OCC3CCCO3)n2)cc1. The van der Waals surface area contributed by atoms with Gasteiger partial charge in [-0.15, -0.1) is 11.3 Å². The zero-order chi connectivity index (χ0) is 22.3. The standard InChI is InChI=1S/C24H25N3O4S/c1-16(28)25-13-17-8-10-18(11-9-17)21-15-32-24(26-21)27-23(29)20-6-2-3-7-22(20)31-14-19-5-4-12-30-19/h2-3,6-11,15,19H,4-5,12-14H2,1H3,(H,25,28)(H,26,27,29). The summed E-state index contributed by atoms with van der Waals surface area (Å²) in [6.07, 6.45) is 2.10. The van der Waals surface area contributed by atoms with Crippen LogP contribution in [0.3, 0.4) is 0 Å². The van der Waals surface area contributed by atoms with Gasteiger partial charge in [0.25, 0.3) is 5.91 Å². The monoisotopic (exact) mass is 451 g/mol. The zero-order valence-electron chi connectivity index (χ0n) is 17.8. The Morgan fingerprint density at radius 2 is 2.00 bits per heavy atom. The molecule has 1 aromatic heterocycles. The number of nitrogens with one attached hydrogen (secondary N) is 2. The predicted octanol–water partition coefficient (Wildman–Crippen LogP) is 4.26. The van der Waals surface area contributed by atoms with E-state index in [2.05, 4.69) is 15.6 Å². The van der Waals surface area contributed by atoms with Crippen LogP contribution in [0.1, 0.15) is 35.7 Å². The molecule has 166 valence electrons. The summed E-state index contributed by atoms with van der Waals surface area (Å²) in [6.45, 7) is 3.18. The smallest absolute Gasteiger partial charge is 0.261 e. The lowest BCUT2D eigenvalue weighted by Gasteiger charge is -2.14. The fourth-order valence-electron chi connectivity index (χ4n) is 3.39. The van der Waals surface area contributed by atoms with Gasteiger partial charge in [0.2, 0.25) is 5.91 Å². The van der Waals surface area contributed by atoms with E-state index in [0.29, 0.717) is 29.6 Å². The number of carbonyl (C=O) groups is 2. The number of thiazole rings is 1. The maximum Gasteiger partial charge on any atom is 0.261 e. The second kappa shape index (κ2) is 10.4. The van der Waals surface area contributed by atoms with Gasteiger partial charge in [0, 0.05) is 31.0 Å². The molecule has 7 nitrogen and oxygen atoms in total. The number of amides is 2. The van der Waals surface area contributed by atoms with E-state index < -0.39 is 0 Å². The van der Waals surface area contributed by atoms with Gasteiger partial charge in [-0.3, -0.25) is 14.9 Å². The Hall–Kier alpha value is -3.23. The van der Waals surface area contributed by atoms with Gasteiger partial charge in [0.1, 0.15) is 12.4 Å². The van der Waals surface area contributed by atoms with Crippen LogP contribution in [-0.4, -0.2) is 36.1 Å². The minimum absolute atomic E-state index is 0.0622. The number of aromatic nitrogens is 1. The van der Waals surface area contributed by atoms with Crippen LogP contribution in [0.15, 0.2) is 53.9 Å². The highest BCUT2D eigenvalue weighted by Crippen LogP contribution is 2.27. The average molecular weight is 452 g/mol. The number of hydrogen-bond acceptors (Lipinski definition) is 6. The van der Waals surface area contributed by atoms with Gasteiger partial charge in [0.05, 0.1) is 17.4 Å². The van der Waals surface area contributed by atoms with E-state index in [1.54, 1.807) is 12.1 Å². The number of ether oxygens (including phenoxy) is 2. The molecule has 4 rings (SSSR count). The summed E-state index contributed by atoms with van der Waals surface area (Å²) in [6, 6.07) is 15.0. The molecule has 1 fully saturated rings. The van der Waals surface area contributed by atoms with Crippen molar-refractivity contribution in [1.82, 2.24) is 10.3 Å². The van der Waals surface area contributed by atoms with Crippen LogP contribution in [0.5, 0.6) is 5.75 Å². The van der Waals surface area contributed by atoms with Gasteiger partial charge in [-0.25, -0.2) is 4.98 Å². The molecule has 1 aliphatic rings. The van der Waals surface area contributed by atoms with Crippen LogP contribution < -0.4 is 15.4 Å². The maximum absolute atomic E-state index is 12.9. The van der Waals surface area contributed by atoms with Gasteiger partial charge in [0.15, 0.2) is 5.13 Å². The van der Waals surface area contributed by atoms with Gasteiger partial charge < -0.3 is 14.8 Å². The van der Waals surface area contributed by atoms with Crippen LogP contribution in [0.2, 0.25) is 0 Å². The minimum Gasteiger partial charge on any atom is -0.490 e. The summed E-state index contributed by atoms with van der Waals surface area (Å²) in [4.78, 5) is 28.5. The first-order chi connectivity index (χ1) is 15.6. The van der Waals surface area contributed by atoms with Crippen molar-refractivity contribution in [2.75, 3.05) is 18.5 Å². The van der Waals surface area contributed by atoms with Crippen molar-refractivity contribution in [2.45, 2.75) is 32.4 Å². The maximum atomic E-state index is 12.9. The predicted molar refractivity (Wildman–Crippen MR) is 124 cm³/mol. The summed E-state index contributed by atoms with van der Waals surface area (Å²) in [5, 5.41) is 8.06. The summed E-state index contributed by atoms with van der Waals surface area (Å²) in [7, 11) is 0. The van der Waals surface area contributed by atoms with Crippen LogP contribution in [-0.2, 0) is 16.1 Å². The first-order valence-corrected chi connectivity index (χ1v) is 11.4. The molecule has 32 heavy (non-hydrogen) atoms. The molecule has 0 saturated carbocycles. The highest BCUT2D eigenvalue weighted by Gasteiger charge is 2.19. The van der Waals surface area contributed by atoms with Crippen molar-refractivity contribution < 1.29 is 19.1 Å². The van der Waals surface area contributed by atoms with E-state index >= 15 is 0 Å². The third-order valence-electron chi connectivity index (χ3n) is 5.10. The Bertz CT molecular complexity index is 1070. The molecular formula is C24H25N3O4S. The molecule has 2 aromatic carbocycles. The Kier molecular flexibility index (Phi) is 7.14. The summed E-state index contributed by atoms with van der Waals surface area (Å²) >= 11 is 1.36. The average Bonchev–Trinajstić information content (AvgIpc) is 3.49. The van der Waals surface area contributed by atoms with Crippen molar-refractivity contribution in [2.24, 2.45) is 0 Å². The van der Waals surface area contributed by atoms with Crippen LogP contribution >= 0.6 is 11.3 Å². The Morgan fingerprint density at radius 3 is 2.75 bits per heavy atom. The Labute approximate surface area is 190 Å². The van der Waals surface area contributed by atoms with Crippen molar-refractivity contribution in [3.05, 3.63) is 65.0 Å². The van der Waals surface area contributed by atoms with Crippen LogP contribution in [0.4, 0.5) is 5.13 Å². The first-order valence-electron chi connectivity index (χ1n) is 10.5. The topological polar surface area (TPSA) is 89.6 Å². The van der Waals surface area contributed by atoms with Gasteiger partial charge >= 0.3 is 0 Å². The summed E-state index contributed by atoms with van der Waals surface area (Å²) in [5.74, 6) is 0.208. The minimum atomic E-state index is -0.264. The molecule has 8 heteroatoms. The first kappa shape index (κ1) is 22.0. The number of rotatable bonds is 8. The third-order valence-corrected chi connectivity index (χ3v) is 5.85. The molecule has 0 spiro atoms. The molecule has 1 aliphatic heterocycles. The lowest BCUT2D eigenvalue weighted by Crippen LogP contribution is -2.19. The summed E-state index contributed by atoms with van der Waals surface area (Å²) < 4.78 is 11.5. The van der Waals surface area contributed by atoms with Crippen LogP contribution in [0, 0.1) is 0 Å². The fraction of sp³-hybridized carbons (Fsp3) is 0.292. The number of anilines is 1. The highest BCUT2D eigenvalue weighted by molar-refractivity contribution is 7.14. The third kappa shape index (κ3) is 5.72. The molecule has 2 heterocycles. The number of hydrogen-bond donors (Lipinski definition) is 2. The number of carbonyl (C=O) groups excluding carboxylic acids is 2. The van der Waals surface area contributed by atoms with Gasteiger partial charge in [-0.05, 0) is 30.5 Å². The molecule has 3 aromatic rings. The van der Waals surface area contributed by atoms with Crippen molar-refractivity contribution >= 4 is 28.3 Å². The molecule has 0 bridgehead atoms. The molecule has 1 atom stereocenters. The van der Waals surface area contributed by atoms with E-state index in [-0.39, 0.29) is 17.9 Å². The lowest BCUT2D eigenvalue weighted by molar-refractivity contribution is -0.119. The van der Waals surface area contributed by atoms with Gasteiger partial charge in [-0.2, -0.15) is 0 Å². The molecule has 2 amide bonds. The second-order valence-corrected chi connectivity index (χ2v) is 8.40. The van der Waals surface area contributed by atoms with E-state index in [4.69, 9.17) is 9.47 Å². The van der Waals surface area contributed by atoms with Crippen molar-refractivity contribution in [3.63, 3.8) is 0 Å². The summed E-state index contributed by atoms with van der Waals surface area (Å²) in [5.41, 5.74) is 3.19. The quantitative estimate of drug-likeness (QED) is 0.534. The Morgan fingerprint density at radius 1 is 1.19 bits per heavy atom. The van der Waals surface area contributed by atoms with Crippen molar-refractivity contribution in [1.29, 1.82) is 0 Å². The Balaban J connectivity index is 1.39. The number of para-hydroxylation sites is 1. The fourth-order valence-corrected chi connectivity index (χ4v) is 4.10. The molecule has 0 aliphatic carbocycles.